The lowest BCUT2D eigenvalue weighted by molar-refractivity contribution is -0.132. The van der Waals surface area contributed by atoms with E-state index in [1.54, 1.807) is 11.0 Å². The maximum atomic E-state index is 12.6. The van der Waals surface area contributed by atoms with Gasteiger partial charge in [-0.05, 0) is 36.6 Å². The third-order valence-corrected chi connectivity index (χ3v) is 5.20. The summed E-state index contributed by atoms with van der Waals surface area (Å²) in [5.41, 5.74) is 1.05. The van der Waals surface area contributed by atoms with Gasteiger partial charge in [0.15, 0.2) is 5.76 Å². The number of carbonyl (C=O) groups excluding carboxylic acids is 2. The molecular formula is C23H33N3O4. The number of rotatable bonds is 9. The van der Waals surface area contributed by atoms with Crippen LogP contribution >= 0.6 is 0 Å². The van der Waals surface area contributed by atoms with E-state index in [-0.39, 0.29) is 11.8 Å². The highest BCUT2D eigenvalue weighted by Gasteiger charge is 2.22. The van der Waals surface area contributed by atoms with Crippen molar-refractivity contribution in [3.05, 3.63) is 47.7 Å². The highest BCUT2D eigenvalue weighted by Crippen LogP contribution is 2.16. The van der Waals surface area contributed by atoms with Gasteiger partial charge in [0.25, 0.3) is 5.91 Å². The van der Waals surface area contributed by atoms with E-state index in [2.05, 4.69) is 25.3 Å². The fourth-order valence-corrected chi connectivity index (χ4v) is 3.65. The topological polar surface area (TPSA) is 67.9 Å². The minimum Gasteiger partial charge on any atom is -0.454 e. The summed E-state index contributed by atoms with van der Waals surface area (Å²) < 4.78 is 13.2. The quantitative estimate of drug-likeness (QED) is 0.630. The first kappa shape index (κ1) is 22.2. The smallest absolute Gasteiger partial charge is 0.289 e. The average molecular weight is 416 g/mol. The largest absolute Gasteiger partial charge is 0.454 e. The summed E-state index contributed by atoms with van der Waals surface area (Å²) in [6, 6.07) is 7.61. The second-order valence-corrected chi connectivity index (χ2v) is 8.21. The molecular weight excluding hydrogens is 382 g/mol. The molecule has 0 atom stereocenters. The van der Waals surface area contributed by atoms with Gasteiger partial charge in [0.05, 0.1) is 26.3 Å². The molecule has 164 valence electrons. The number of morpholine rings is 1. The molecule has 1 aliphatic heterocycles. The predicted octanol–water partition coefficient (Wildman–Crippen LogP) is 3.39. The van der Waals surface area contributed by atoms with E-state index in [0.29, 0.717) is 57.5 Å². The second kappa shape index (κ2) is 10.5. The zero-order chi connectivity index (χ0) is 21.5. The van der Waals surface area contributed by atoms with Gasteiger partial charge in [-0.3, -0.25) is 9.59 Å². The zero-order valence-electron chi connectivity index (χ0n) is 18.3. The van der Waals surface area contributed by atoms with Crippen LogP contribution in [0.25, 0.3) is 0 Å². The van der Waals surface area contributed by atoms with Crippen molar-refractivity contribution >= 4 is 11.8 Å². The first-order valence-electron chi connectivity index (χ1n) is 10.9. The number of furan rings is 1. The molecule has 7 nitrogen and oxygen atoms in total. The van der Waals surface area contributed by atoms with Crippen molar-refractivity contribution in [1.29, 1.82) is 0 Å². The third kappa shape index (κ3) is 5.75. The Labute approximate surface area is 178 Å². The standard InChI is InChI=1S/C23H33N3O4/c1-4-9-26(22(27)15-18(2)3)16-19-6-5-10-25(19)17-20-7-8-21(30-20)23(28)24-11-13-29-14-12-24/h5-8,10,18H,4,9,11-17H2,1-3H3. The van der Waals surface area contributed by atoms with Gasteiger partial charge >= 0.3 is 0 Å². The van der Waals surface area contributed by atoms with E-state index in [4.69, 9.17) is 9.15 Å². The average Bonchev–Trinajstić information content (AvgIpc) is 3.37. The van der Waals surface area contributed by atoms with Gasteiger partial charge in [-0.1, -0.05) is 20.8 Å². The molecule has 1 saturated heterocycles. The fourth-order valence-electron chi connectivity index (χ4n) is 3.65. The van der Waals surface area contributed by atoms with Crippen LogP contribution in [0, 0.1) is 5.92 Å². The van der Waals surface area contributed by atoms with Gasteiger partial charge in [-0.25, -0.2) is 0 Å². The highest BCUT2D eigenvalue weighted by molar-refractivity contribution is 5.91. The van der Waals surface area contributed by atoms with Gasteiger partial charge in [0, 0.05) is 37.9 Å². The van der Waals surface area contributed by atoms with Crippen molar-refractivity contribution in [1.82, 2.24) is 14.4 Å². The lowest BCUT2D eigenvalue weighted by Crippen LogP contribution is -2.40. The van der Waals surface area contributed by atoms with Crippen LogP contribution in [0.15, 0.2) is 34.9 Å². The molecule has 0 spiro atoms. The van der Waals surface area contributed by atoms with Gasteiger partial charge in [0.2, 0.25) is 5.91 Å². The molecule has 0 aliphatic carbocycles. The van der Waals surface area contributed by atoms with E-state index in [0.717, 1.165) is 24.4 Å². The number of aromatic nitrogens is 1. The van der Waals surface area contributed by atoms with Gasteiger partial charge in [0.1, 0.15) is 5.76 Å². The van der Waals surface area contributed by atoms with Gasteiger partial charge in [-0.15, -0.1) is 0 Å². The molecule has 0 bridgehead atoms. The minimum atomic E-state index is -0.0920. The van der Waals surface area contributed by atoms with Crippen molar-refractivity contribution in [2.24, 2.45) is 5.92 Å². The molecule has 1 aliphatic rings. The number of ether oxygens (including phenoxy) is 1. The maximum Gasteiger partial charge on any atom is 0.289 e. The summed E-state index contributed by atoms with van der Waals surface area (Å²) in [5, 5.41) is 0. The molecule has 0 aromatic carbocycles. The number of amides is 2. The van der Waals surface area contributed by atoms with Crippen molar-refractivity contribution < 1.29 is 18.7 Å². The van der Waals surface area contributed by atoms with Crippen LogP contribution < -0.4 is 0 Å². The van der Waals surface area contributed by atoms with Crippen LogP contribution in [0.3, 0.4) is 0 Å². The van der Waals surface area contributed by atoms with Crippen LogP contribution in [-0.4, -0.2) is 59.0 Å². The number of hydrogen-bond donors (Lipinski definition) is 0. The van der Waals surface area contributed by atoms with E-state index in [1.807, 2.05) is 29.3 Å². The molecule has 0 N–H and O–H groups in total. The Bertz CT molecular complexity index is 833. The molecule has 30 heavy (non-hydrogen) atoms. The highest BCUT2D eigenvalue weighted by atomic mass is 16.5. The molecule has 2 aromatic heterocycles. The summed E-state index contributed by atoms with van der Waals surface area (Å²) >= 11 is 0. The lowest BCUT2D eigenvalue weighted by Gasteiger charge is -2.25. The van der Waals surface area contributed by atoms with Crippen molar-refractivity contribution in [3.63, 3.8) is 0 Å². The molecule has 0 unspecified atom stereocenters. The molecule has 1 fully saturated rings. The van der Waals surface area contributed by atoms with E-state index in [9.17, 15) is 9.59 Å². The van der Waals surface area contributed by atoms with Crippen LogP contribution in [0.4, 0.5) is 0 Å². The Morgan fingerprint density at radius 2 is 1.93 bits per heavy atom. The zero-order valence-corrected chi connectivity index (χ0v) is 18.3. The summed E-state index contributed by atoms with van der Waals surface area (Å²) in [6.45, 7) is 10.4. The third-order valence-electron chi connectivity index (χ3n) is 5.20. The lowest BCUT2D eigenvalue weighted by atomic mass is 10.1. The SMILES string of the molecule is CCCN(Cc1cccn1Cc1ccc(C(=O)N2CCOCC2)o1)C(=O)CC(C)C. The van der Waals surface area contributed by atoms with Gasteiger partial charge in [-0.2, -0.15) is 0 Å². The van der Waals surface area contributed by atoms with Crippen LogP contribution in [0.1, 0.15) is 55.6 Å². The van der Waals surface area contributed by atoms with Crippen molar-refractivity contribution in [2.45, 2.75) is 46.7 Å². The second-order valence-electron chi connectivity index (χ2n) is 8.21. The number of hydrogen-bond acceptors (Lipinski definition) is 4. The maximum absolute atomic E-state index is 12.6. The molecule has 7 heteroatoms. The Morgan fingerprint density at radius 3 is 2.63 bits per heavy atom. The monoisotopic (exact) mass is 415 g/mol. The normalized spacial score (nSPS) is 14.3. The Kier molecular flexibility index (Phi) is 7.74. The Hall–Kier alpha value is -2.54. The van der Waals surface area contributed by atoms with Crippen molar-refractivity contribution in [3.8, 4) is 0 Å². The number of carbonyl (C=O) groups is 2. The minimum absolute atomic E-state index is 0.0920. The molecule has 2 aromatic rings. The summed E-state index contributed by atoms with van der Waals surface area (Å²) in [7, 11) is 0. The molecule has 2 amide bonds. The number of nitrogens with zero attached hydrogens (tertiary/aromatic N) is 3. The molecule has 0 radical (unpaired) electrons. The van der Waals surface area contributed by atoms with Gasteiger partial charge < -0.3 is 23.5 Å². The molecule has 0 saturated carbocycles. The Balaban J connectivity index is 1.66. The molecule has 3 rings (SSSR count). The van der Waals surface area contributed by atoms with E-state index < -0.39 is 0 Å². The van der Waals surface area contributed by atoms with Crippen LogP contribution in [0.5, 0.6) is 0 Å². The fraction of sp³-hybridized carbons (Fsp3) is 0.565. The van der Waals surface area contributed by atoms with E-state index >= 15 is 0 Å². The van der Waals surface area contributed by atoms with Crippen LogP contribution in [-0.2, 0) is 22.6 Å². The molecule has 3 heterocycles. The first-order chi connectivity index (χ1) is 14.5. The summed E-state index contributed by atoms with van der Waals surface area (Å²) in [4.78, 5) is 28.9. The Morgan fingerprint density at radius 1 is 1.17 bits per heavy atom. The first-order valence-corrected chi connectivity index (χ1v) is 10.9. The summed E-state index contributed by atoms with van der Waals surface area (Å²) in [6.07, 6.45) is 3.47. The summed E-state index contributed by atoms with van der Waals surface area (Å²) in [5.74, 6) is 1.52. The predicted molar refractivity (Wildman–Crippen MR) is 114 cm³/mol. The van der Waals surface area contributed by atoms with Crippen LogP contribution in [0.2, 0.25) is 0 Å². The van der Waals surface area contributed by atoms with Crippen molar-refractivity contribution in [2.75, 3.05) is 32.8 Å². The van der Waals surface area contributed by atoms with E-state index in [1.165, 1.54) is 0 Å².